The van der Waals surface area contributed by atoms with Gasteiger partial charge in [0.15, 0.2) is 0 Å². The van der Waals surface area contributed by atoms with Crippen molar-refractivity contribution in [1.29, 1.82) is 0 Å². The Hall–Kier alpha value is -5.70. The summed E-state index contributed by atoms with van der Waals surface area (Å²) >= 11 is 1.61. The second-order valence-electron chi connectivity index (χ2n) is 10.3. The topological polar surface area (TPSA) is 3.24 Å². The van der Waals surface area contributed by atoms with Crippen LogP contribution in [0, 0.1) is 0 Å². The molecular weight excluding hydrogens is 575 g/mol. The third-order valence-electron chi connectivity index (χ3n) is 7.66. The predicted molar refractivity (Wildman–Crippen MR) is 200 cm³/mol. The van der Waals surface area contributed by atoms with E-state index in [0.717, 1.165) is 30.5 Å². The molecule has 0 saturated heterocycles. The summed E-state index contributed by atoms with van der Waals surface area (Å²) in [6, 6.07) is 3.16. The molecule has 0 bridgehead atoms. The zero-order valence-corrected chi connectivity index (χ0v) is 24.4. The summed E-state index contributed by atoms with van der Waals surface area (Å²) in [4.78, 5) is 0.887. The van der Waals surface area contributed by atoms with E-state index in [1.807, 2.05) is 42.5 Å². The van der Waals surface area contributed by atoms with Gasteiger partial charge in [0.05, 0.1) is 26.0 Å². The van der Waals surface area contributed by atoms with Crippen molar-refractivity contribution in [3.8, 4) is 22.3 Å². The smallest absolute Gasteiger partial charge is 0.0645 e. The van der Waals surface area contributed by atoms with Crippen LogP contribution >= 0.6 is 11.3 Å². The highest BCUT2D eigenvalue weighted by molar-refractivity contribution is 7.25. The maximum Gasteiger partial charge on any atom is 0.0645 e. The highest BCUT2D eigenvalue weighted by Crippen LogP contribution is 2.41. The molecule has 0 fully saturated rings. The van der Waals surface area contributed by atoms with Crippen molar-refractivity contribution < 1.29 is 26.0 Å². The second kappa shape index (κ2) is 11.0. The van der Waals surface area contributed by atoms with E-state index in [1.165, 1.54) is 12.1 Å². The molecule has 0 N–H and O–H groups in total. The van der Waals surface area contributed by atoms with Crippen LogP contribution < -0.4 is 4.90 Å². The molecule has 0 saturated carbocycles. The van der Waals surface area contributed by atoms with Crippen molar-refractivity contribution in [2.45, 2.75) is 0 Å². The lowest BCUT2D eigenvalue weighted by Gasteiger charge is -2.26. The summed E-state index contributed by atoms with van der Waals surface area (Å²) in [6.07, 6.45) is 0. The third kappa shape index (κ3) is 4.63. The van der Waals surface area contributed by atoms with Gasteiger partial charge in [-0.2, -0.15) is 0 Å². The molecule has 0 aliphatic carbocycles. The Balaban J connectivity index is 1.41. The monoisotopic (exact) mass is 622 g/mol. The van der Waals surface area contributed by atoms with Crippen LogP contribution in [0.2, 0.25) is 0 Å². The van der Waals surface area contributed by atoms with E-state index in [9.17, 15) is 12.3 Å². The number of anilines is 3. The molecular formula is C44H29NS. The Morgan fingerprint density at radius 1 is 0.391 bits per heavy atom. The van der Waals surface area contributed by atoms with Crippen LogP contribution in [0.3, 0.4) is 0 Å². The van der Waals surface area contributed by atoms with Crippen LogP contribution in [-0.4, -0.2) is 0 Å². The van der Waals surface area contributed by atoms with Gasteiger partial charge >= 0.3 is 0 Å². The van der Waals surface area contributed by atoms with E-state index in [4.69, 9.17) is 13.7 Å². The highest BCUT2D eigenvalue weighted by atomic mass is 32.1. The van der Waals surface area contributed by atoms with Crippen LogP contribution in [0.25, 0.3) is 64.0 Å². The SMILES string of the molecule is [2H]c1cc2ccc3cc4sc5ccccc5c4cc3c2cc1N(c1c([2H])c([2H])c(-c2c([2H])c([2H])c([2H])c([2H])c2[2H])c([2H])c1[2H])c1c([2H])c([2H])c(-c2c([2H])c([2H])c([2H])c([2H])c2[2H])c([2H])c1[2H]. The Bertz CT molecular complexity index is 3370. The normalized spacial score (nSPS) is 17.3. The molecule has 8 aromatic carbocycles. The Morgan fingerprint density at radius 3 is 1.61 bits per heavy atom. The lowest BCUT2D eigenvalue weighted by Crippen LogP contribution is -2.09. The number of benzene rings is 8. The van der Waals surface area contributed by atoms with Crippen molar-refractivity contribution in [3.05, 3.63) is 175 Å². The molecule has 1 heterocycles. The van der Waals surface area contributed by atoms with Gasteiger partial charge < -0.3 is 4.90 Å². The zero-order chi connectivity index (χ0) is 47.0. The average molecular weight is 623 g/mol. The first-order chi connectivity index (χ1) is 30.7. The van der Waals surface area contributed by atoms with Gasteiger partial charge in [0, 0.05) is 37.2 Å². The van der Waals surface area contributed by atoms with Crippen LogP contribution in [0.5, 0.6) is 0 Å². The Kier molecular flexibility index (Phi) is 3.29. The summed E-state index contributed by atoms with van der Waals surface area (Å²) in [6.45, 7) is 0. The van der Waals surface area contributed by atoms with Gasteiger partial charge in [0.2, 0.25) is 0 Å². The lowest BCUT2D eigenvalue weighted by molar-refractivity contribution is 1.29. The van der Waals surface area contributed by atoms with Gasteiger partial charge in [-0.3, -0.25) is 0 Å². The lowest BCUT2D eigenvalue weighted by atomic mass is 9.98. The second-order valence-corrected chi connectivity index (χ2v) is 11.4. The first-order valence-electron chi connectivity index (χ1n) is 23.6. The number of rotatable bonds is 5. The number of thiophene rings is 1. The number of fused-ring (bicyclic) bond motifs is 6. The van der Waals surface area contributed by atoms with E-state index in [2.05, 4.69) is 0 Å². The Labute approximate surface area is 298 Å². The molecule has 0 amide bonds. The molecule has 0 aliphatic rings. The number of nitrogens with zero attached hydrogens (tertiary/aromatic N) is 1. The van der Waals surface area contributed by atoms with E-state index < -0.39 is 142 Å². The van der Waals surface area contributed by atoms with E-state index >= 15 is 0 Å². The largest absolute Gasteiger partial charge is 0.310 e. The Morgan fingerprint density at radius 2 is 0.957 bits per heavy atom. The quantitative estimate of drug-likeness (QED) is 0.173. The molecule has 0 atom stereocenters. The van der Waals surface area contributed by atoms with Crippen LogP contribution in [-0.2, 0) is 0 Å². The van der Waals surface area contributed by atoms with Crippen molar-refractivity contribution in [3.63, 3.8) is 0 Å². The standard InChI is InChI=1S/C44H29NS/c1-3-9-30(10-4-1)32-17-22-36(23-18-32)45(37-24-19-33(20-25-37)31-11-5-2-6-12-31)38-26-21-34-15-16-35-27-44-42(29-41(35)40(34)28-38)39-13-7-8-14-43(39)46-44/h1-29H/i1D,2D,3D,4D,5D,6D,9D,10D,11D,12D,17D,18D,19D,20D,22D,23D,24D,25D,26D. The number of hydrogen-bond donors (Lipinski definition) is 0. The minimum atomic E-state index is -0.900. The van der Waals surface area contributed by atoms with Crippen molar-refractivity contribution in [2.75, 3.05) is 4.90 Å². The van der Waals surface area contributed by atoms with Gasteiger partial charge in [-0.1, -0.05) is 121 Å². The van der Waals surface area contributed by atoms with Crippen LogP contribution in [0.15, 0.2) is 175 Å². The molecule has 1 nitrogen and oxygen atoms in total. The van der Waals surface area contributed by atoms with Gasteiger partial charge in [0.1, 0.15) is 0 Å². The minimum absolute atomic E-state index is 0.229. The minimum Gasteiger partial charge on any atom is -0.310 e. The van der Waals surface area contributed by atoms with Gasteiger partial charge in [-0.05, 0) is 98.3 Å². The zero-order valence-electron chi connectivity index (χ0n) is 42.6. The summed E-state index contributed by atoms with van der Waals surface area (Å²) in [5.41, 5.74) is -4.15. The molecule has 9 rings (SSSR count). The van der Waals surface area contributed by atoms with E-state index in [0.29, 0.717) is 16.2 Å². The molecule has 0 spiro atoms. The number of hydrogen-bond acceptors (Lipinski definition) is 2. The van der Waals surface area contributed by atoms with E-state index in [-0.39, 0.29) is 11.7 Å². The van der Waals surface area contributed by atoms with Crippen molar-refractivity contribution in [2.24, 2.45) is 0 Å². The summed E-state index contributed by atoms with van der Waals surface area (Å²) in [5.74, 6) is 0. The fourth-order valence-electron chi connectivity index (χ4n) is 5.52. The van der Waals surface area contributed by atoms with Gasteiger partial charge in [-0.15, -0.1) is 11.3 Å². The van der Waals surface area contributed by atoms with Gasteiger partial charge in [-0.25, -0.2) is 0 Å². The fraction of sp³-hybridized carbons (Fsp3) is 0. The molecule has 9 aromatic rings. The molecule has 0 unspecified atom stereocenters. The molecule has 216 valence electrons. The summed E-state index contributed by atoms with van der Waals surface area (Å²) < 4.78 is 169. The maximum atomic E-state index is 9.43. The predicted octanol–water partition coefficient (Wildman–Crippen LogP) is 13.2. The maximum absolute atomic E-state index is 9.43. The molecule has 1 aromatic heterocycles. The van der Waals surface area contributed by atoms with Crippen LogP contribution in [0.4, 0.5) is 17.1 Å². The summed E-state index contributed by atoms with van der Waals surface area (Å²) in [7, 11) is 0. The molecule has 2 heteroatoms. The van der Waals surface area contributed by atoms with Crippen LogP contribution in [0.1, 0.15) is 26.0 Å². The first-order valence-corrected chi connectivity index (χ1v) is 14.9. The third-order valence-corrected chi connectivity index (χ3v) is 8.79. The van der Waals surface area contributed by atoms with Gasteiger partial charge in [0.25, 0.3) is 0 Å². The molecule has 0 radical (unpaired) electrons. The van der Waals surface area contributed by atoms with Crippen molar-refractivity contribution >= 4 is 70.1 Å². The molecule has 0 aliphatic heterocycles. The highest BCUT2D eigenvalue weighted by Gasteiger charge is 2.15. The first kappa shape index (κ1) is 13.7. The average Bonchev–Trinajstić information content (AvgIpc) is 3.65. The van der Waals surface area contributed by atoms with Crippen molar-refractivity contribution in [1.82, 2.24) is 0 Å². The fourth-order valence-corrected chi connectivity index (χ4v) is 6.65. The molecule has 46 heavy (non-hydrogen) atoms. The van der Waals surface area contributed by atoms with E-state index in [1.54, 1.807) is 17.4 Å². The summed E-state index contributed by atoms with van der Waals surface area (Å²) in [5, 5.41) is 4.52.